The van der Waals surface area contributed by atoms with Crippen LogP contribution in [0, 0.1) is 0 Å². The zero-order valence-corrected chi connectivity index (χ0v) is 7.89. The van der Waals surface area contributed by atoms with Gasteiger partial charge in [0.1, 0.15) is 0 Å². The average Bonchev–Trinajstić information content (AvgIpc) is 1.64. The molecule has 1 N–H and O–H groups in total. The van der Waals surface area contributed by atoms with Gasteiger partial charge in [0, 0.05) is 26.6 Å². The van der Waals surface area contributed by atoms with Gasteiger partial charge < -0.3 is 0 Å². The summed E-state index contributed by atoms with van der Waals surface area (Å²) in [6, 6.07) is 0. The van der Waals surface area contributed by atoms with E-state index in [2.05, 4.69) is 27.8 Å². The van der Waals surface area contributed by atoms with Gasteiger partial charge in [0.15, 0.2) is 0 Å². The van der Waals surface area contributed by atoms with E-state index in [1.165, 1.54) is 0 Å². The second-order valence-electron chi connectivity index (χ2n) is 1.57. The van der Waals surface area contributed by atoms with Gasteiger partial charge in [-0.05, 0) is 14.1 Å². The van der Waals surface area contributed by atoms with Crippen molar-refractivity contribution in [2.75, 3.05) is 14.1 Å². The molecule has 1 saturated heterocycles. The van der Waals surface area contributed by atoms with Crippen LogP contribution in [-0.2, 0) is 0 Å². The van der Waals surface area contributed by atoms with Crippen molar-refractivity contribution in [3.8, 4) is 0 Å². The highest BCUT2D eigenvalue weighted by Crippen LogP contribution is 2.43. The molecule has 8 heavy (non-hydrogen) atoms. The SMILES string of the molecule is CN1PNPN(C)P1. The molecule has 0 aromatic rings. The van der Waals surface area contributed by atoms with Crippen LogP contribution >= 0.6 is 26.6 Å². The molecule has 1 heterocycles. The predicted octanol–water partition coefficient (Wildman–Crippen LogP) is 0.979. The van der Waals surface area contributed by atoms with Gasteiger partial charge >= 0.3 is 0 Å². The fourth-order valence-corrected chi connectivity index (χ4v) is 5.07. The summed E-state index contributed by atoms with van der Waals surface area (Å²) in [4.78, 5) is 3.30. The lowest BCUT2D eigenvalue weighted by Gasteiger charge is -2.29. The Morgan fingerprint density at radius 3 is 1.88 bits per heavy atom. The minimum Gasteiger partial charge on any atom is -0.253 e. The first-order valence-corrected chi connectivity index (χ1v) is 5.08. The lowest BCUT2D eigenvalue weighted by atomic mass is 11.6. The van der Waals surface area contributed by atoms with Crippen LogP contribution in [0.25, 0.3) is 0 Å². The quantitative estimate of drug-likeness (QED) is 0.545. The van der Waals surface area contributed by atoms with E-state index in [1.807, 2.05) is 0 Å². The van der Waals surface area contributed by atoms with Gasteiger partial charge in [0.25, 0.3) is 0 Å². The molecule has 0 radical (unpaired) electrons. The topological polar surface area (TPSA) is 18.5 Å². The van der Waals surface area contributed by atoms with E-state index in [0.717, 1.165) is 26.6 Å². The Bertz CT molecular complexity index is 70.9. The largest absolute Gasteiger partial charge is 0.253 e. The van der Waals surface area contributed by atoms with Crippen molar-refractivity contribution < 1.29 is 0 Å². The summed E-state index contributed by atoms with van der Waals surface area (Å²) in [5, 5.41) is 0. The molecular weight excluding hydrogens is 159 g/mol. The van der Waals surface area contributed by atoms with E-state index in [0.29, 0.717) is 0 Å². The number of rotatable bonds is 0. The van der Waals surface area contributed by atoms with E-state index < -0.39 is 0 Å². The fraction of sp³-hybridized carbons (Fsp3) is 1.00. The number of hydrogen-bond acceptors (Lipinski definition) is 3. The van der Waals surface area contributed by atoms with Gasteiger partial charge in [-0.15, -0.1) is 0 Å². The molecule has 0 aliphatic carbocycles. The summed E-state index contributed by atoms with van der Waals surface area (Å²) < 4.78 is 4.58. The third-order valence-electron chi connectivity index (χ3n) is 0.747. The lowest BCUT2D eigenvalue weighted by molar-refractivity contribution is 0.791. The highest BCUT2D eigenvalue weighted by molar-refractivity contribution is 7.64. The molecule has 1 fully saturated rings. The number of nitrogens with one attached hydrogen (secondary N) is 1. The molecule has 2 atom stereocenters. The molecule has 2 unspecified atom stereocenters. The van der Waals surface area contributed by atoms with Crippen molar-refractivity contribution in [1.82, 2.24) is 13.7 Å². The Kier molecular flexibility index (Phi) is 3.06. The Hall–Kier alpha value is 1.17. The zero-order chi connectivity index (χ0) is 5.98. The van der Waals surface area contributed by atoms with E-state index >= 15 is 0 Å². The summed E-state index contributed by atoms with van der Waals surface area (Å²) in [5.74, 6) is 0. The Balaban J connectivity index is 2.23. The molecule has 1 aliphatic heterocycles. The normalized spacial score (nSPS) is 35.2. The minimum atomic E-state index is 0.828. The van der Waals surface area contributed by atoms with Crippen LogP contribution in [0.1, 0.15) is 0 Å². The van der Waals surface area contributed by atoms with Crippen LogP contribution in [0.5, 0.6) is 0 Å². The lowest BCUT2D eigenvalue weighted by Crippen LogP contribution is -2.13. The van der Waals surface area contributed by atoms with Crippen LogP contribution in [0.15, 0.2) is 0 Å². The van der Waals surface area contributed by atoms with Crippen molar-refractivity contribution in [1.29, 1.82) is 0 Å². The molecule has 1 aliphatic rings. The van der Waals surface area contributed by atoms with Gasteiger partial charge in [0.05, 0.1) is 0 Å². The van der Waals surface area contributed by atoms with Gasteiger partial charge in [-0.2, -0.15) is 0 Å². The monoisotopic (exact) mass is 169 g/mol. The van der Waals surface area contributed by atoms with Crippen molar-refractivity contribution in [3.05, 3.63) is 0 Å². The van der Waals surface area contributed by atoms with Crippen molar-refractivity contribution >= 4 is 26.6 Å². The summed E-state index contributed by atoms with van der Waals surface area (Å²) in [7, 11) is 6.79. The van der Waals surface area contributed by atoms with Crippen molar-refractivity contribution in [2.24, 2.45) is 0 Å². The van der Waals surface area contributed by atoms with Gasteiger partial charge in [-0.1, -0.05) is 0 Å². The molecule has 0 aromatic carbocycles. The smallest absolute Gasteiger partial charge is 0.0325 e. The summed E-state index contributed by atoms with van der Waals surface area (Å²) >= 11 is 0. The summed E-state index contributed by atoms with van der Waals surface area (Å²) in [6.07, 6.45) is 0. The van der Waals surface area contributed by atoms with Crippen LogP contribution in [-0.4, -0.2) is 23.0 Å². The average molecular weight is 169 g/mol. The summed E-state index contributed by atoms with van der Waals surface area (Å²) in [6.45, 7) is 0. The zero-order valence-electron chi connectivity index (χ0n) is 4.89. The molecule has 1 rings (SSSR count). The maximum absolute atomic E-state index is 3.30. The number of nitrogens with zero attached hydrogens (tertiary/aromatic N) is 2. The molecule has 3 nitrogen and oxygen atoms in total. The molecule has 0 spiro atoms. The van der Waals surface area contributed by atoms with E-state index in [4.69, 9.17) is 0 Å². The van der Waals surface area contributed by atoms with Crippen LogP contribution in [0.3, 0.4) is 0 Å². The van der Waals surface area contributed by atoms with E-state index in [9.17, 15) is 0 Å². The van der Waals surface area contributed by atoms with Crippen LogP contribution in [0.2, 0.25) is 0 Å². The minimum absolute atomic E-state index is 0.828. The Morgan fingerprint density at radius 1 is 1.12 bits per heavy atom. The number of hydrogen-bond donors (Lipinski definition) is 1. The molecule has 0 amide bonds. The third kappa shape index (κ3) is 2.19. The Labute approximate surface area is 55.2 Å². The summed E-state index contributed by atoms with van der Waals surface area (Å²) in [5.41, 5.74) is 0. The maximum Gasteiger partial charge on any atom is 0.0325 e. The standard InChI is InChI=1S/C2H10N3P3/c1-4-6-3-7-5(2)8-4/h3,6-8H,1-2H3. The molecule has 0 aromatic heterocycles. The molecule has 0 saturated carbocycles. The van der Waals surface area contributed by atoms with Crippen LogP contribution < -0.4 is 4.86 Å². The predicted molar refractivity (Wildman–Crippen MR) is 43.6 cm³/mol. The Morgan fingerprint density at radius 2 is 1.62 bits per heavy atom. The third-order valence-corrected chi connectivity index (χ3v) is 4.18. The van der Waals surface area contributed by atoms with Crippen molar-refractivity contribution in [2.45, 2.75) is 0 Å². The van der Waals surface area contributed by atoms with E-state index in [-0.39, 0.29) is 0 Å². The van der Waals surface area contributed by atoms with Gasteiger partial charge in [0.2, 0.25) is 0 Å². The first kappa shape index (κ1) is 7.28. The highest BCUT2D eigenvalue weighted by atomic mass is 31.2. The maximum atomic E-state index is 3.30. The molecular formula is C2H10N3P3. The van der Waals surface area contributed by atoms with Crippen molar-refractivity contribution in [3.63, 3.8) is 0 Å². The first-order chi connectivity index (χ1) is 3.79. The van der Waals surface area contributed by atoms with E-state index in [1.54, 1.807) is 0 Å². The highest BCUT2D eigenvalue weighted by Gasteiger charge is 2.07. The van der Waals surface area contributed by atoms with Gasteiger partial charge in [-0.25, -0.2) is 8.88 Å². The molecule has 0 bridgehead atoms. The molecule has 48 valence electrons. The second-order valence-corrected chi connectivity index (χ2v) is 6.79. The first-order valence-electron chi connectivity index (χ1n) is 2.29. The van der Waals surface area contributed by atoms with Crippen LogP contribution in [0.4, 0.5) is 0 Å². The molecule has 6 heteroatoms. The second kappa shape index (κ2) is 3.37. The fourth-order valence-electron chi connectivity index (χ4n) is 0.468. The van der Waals surface area contributed by atoms with Gasteiger partial charge in [-0.3, -0.25) is 4.86 Å².